The van der Waals surface area contributed by atoms with Crippen LogP contribution in [0.15, 0.2) is 30.3 Å². The molecule has 2 amide bonds. The molecule has 0 aromatic heterocycles. The van der Waals surface area contributed by atoms with Crippen molar-refractivity contribution >= 4 is 11.8 Å². The van der Waals surface area contributed by atoms with Gasteiger partial charge in [-0.05, 0) is 37.8 Å². The standard InChI is InChI=1S/C17H22N2O2/c1-18-15(20)9-5-10-17(18)11-6-12-19(13-17)16(21)14-7-3-2-4-8-14/h2-4,7-8H,5-6,9-13H2,1H3/t17-/m1/s1. The third-order valence-electron chi connectivity index (χ3n) is 4.98. The molecule has 112 valence electrons. The smallest absolute Gasteiger partial charge is 0.253 e. The Bertz CT molecular complexity index is 539. The third kappa shape index (κ3) is 2.55. The van der Waals surface area contributed by atoms with Crippen molar-refractivity contribution in [1.82, 2.24) is 9.80 Å². The van der Waals surface area contributed by atoms with Gasteiger partial charge in [-0.25, -0.2) is 0 Å². The number of nitrogens with zero attached hydrogens (tertiary/aromatic N) is 2. The van der Waals surface area contributed by atoms with Gasteiger partial charge >= 0.3 is 0 Å². The molecule has 0 radical (unpaired) electrons. The first-order chi connectivity index (χ1) is 10.1. The number of piperidine rings is 2. The summed E-state index contributed by atoms with van der Waals surface area (Å²) in [5.41, 5.74) is 0.595. The Hall–Kier alpha value is -1.84. The minimum Gasteiger partial charge on any atom is -0.338 e. The lowest BCUT2D eigenvalue weighted by molar-refractivity contribution is -0.142. The Morgan fingerprint density at radius 2 is 1.86 bits per heavy atom. The van der Waals surface area contributed by atoms with Crippen LogP contribution in [0, 0.1) is 0 Å². The van der Waals surface area contributed by atoms with Crippen LogP contribution in [0.25, 0.3) is 0 Å². The molecule has 1 spiro atoms. The summed E-state index contributed by atoms with van der Waals surface area (Å²) in [7, 11) is 1.90. The van der Waals surface area contributed by atoms with Gasteiger partial charge in [0.25, 0.3) is 5.91 Å². The molecule has 1 aromatic carbocycles. The molecule has 2 fully saturated rings. The van der Waals surface area contributed by atoms with Gasteiger partial charge in [-0.2, -0.15) is 0 Å². The summed E-state index contributed by atoms with van der Waals surface area (Å²) in [5.74, 6) is 0.302. The van der Waals surface area contributed by atoms with Gasteiger partial charge in [-0.3, -0.25) is 9.59 Å². The summed E-state index contributed by atoms with van der Waals surface area (Å²) in [5, 5.41) is 0. The molecule has 2 aliphatic rings. The average molecular weight is 286 g/mol. The van der Waals surface area contributed by atoms with Crippen molar-refractivity contribution in [2.75, 3.05) is 20.1 Å². The number of carbonyl (C=O) groups excluding carboxylic acids is 2. The molecule has 3 rings (SSSR count). The van der Waals surface area contributed by atoms with E-state index in [-0.39, 0.29) is 17.4 Å². The highest BCUT2D eigenvalue weighted by Gasteiger charge is 2.44. The van der Waals surface area contributed by atoms with Gasteiger partial charge in [0, 0.05) is 32.1 Å². The van der Waals surface area contributed by atoms with Crippen molar-refractivity contribution in [2.45, 2.75) is 37.6 Å². The number of likely N-dealkylation sites (N-methyl/N-ethyl adjacent to an activating group) is 1. The zero-order valence-corrected chi connectivity index (χ0v) is 12.5. The molecule has 0 saturated carbocycles. The van der Waals surface area contributed by atoms with Crippen LogP contribution in [-0.2, 0) is 4.79 Å². The second kappa shape index (κ2) is 5.51. The molecular formula is C17H22N2O2. The van der Waals surface area contributed by atoms with Crippen LogP contribution in [0.3, 0.4) is 0 Å². The van der Waals surface area contributed by atoms with E-state index in [2.05, 4.69) is 0 Å². The van der Waals surface area contributed by atoms with E-state index in [1.54, 1.807) is 0 Å². The fourth-order valence-corrected chi connectivity index (χ4v) is 3.70. The SMILES string of the molecule is CN1C(=O)CCC[C@]12CCCN(C(=O)c1ccccc1)C2. The van der Waals surface area contributed by atoms with E-state index in [1.807, 2.05) is 47.2 Å². The van der Waals surface area contributed by atoms with Crippen molar-refractivity contribution in [2.24, 2.45) is 0 Å². The van der Waals surface area contributed by atoms with Crippen molar-refractivity contribution in [3.8, 4) is 0 Å². The summed E-state index contributed by atoms with van der Waals surface area (Å²) in [6.45, 7) is 1.46. The largest absolute Gasteiger partial charge is 0.338 e. The first-order valence-electron chi connectivity index (χ1n) is 7.73. The van der Waals surface area contributed by atoms with Gasteiger partial charge in [-0.1, -0.05) is 18.2 Å². The first kappa shape index (κ1) is 14.1. The summed E-state index contributed by atoms with van der Waals surface area (Å²) in [6.07, 6.45) is 4.57. The van der Waals surface area contributed by atoms with E-state index >= 15 is 0 Å². The van der Waals surface area contributed by atoms with Crippen molar-refractivity contribution in [1.29, 1.82) is 0 Å². The number of amides is 2. The second-order valence-electron chi connectivity index (χ2n) is 6.23. The minimum absolute atomic E-state index is 0.0843. The Balaban J connectivity index is 1.80. The van der Waals surface area contributed by atoms with Crippen molar-refractivity contribution in [3.05, 3.63) is 35.9 Å². The minimum atomic E-state index is -0.141. The maximum atomic E-state index is 12.6. The molecule has 4 nitrogen and oxygen atoms in total. The maximum absolute atomic E-state index is 12.6. The molecule has 0 aliphatic carbocycles. The van der Waals surface area contributed by atoms with Crippen LogP contribution < -0.4 is 0 Å². The van der Waals surface area contributed by atoms with E-state index < -0.39 is 0 Å². The van der Waals surface area contributed by atoms with E-state index in [4.69, 9.17) is 0 Å². The summed E-state index contributed by atoms with van der Waals surface area (Å²) in [4.78, 5) is 28.5. The van der Waals surface area contributed by atoms with Gasteiger partial charge < -0.3 is 9.80 Å². The number of likely N-dealkylation sites (tertiary alicyclic amines) is 2. The summed E-state index contributed by atoms with van der Waals surface area (Å²) >= 11 is 0. The zero-order valence-electron chi connectivity index (χ0n) is 12.5. The first-order valence-corrected chi connectivity index (χ1v) is 7.73. The van der Waals surface area contributed by atoms with E-state index in [9.17, 15) is 9.59 Å². The fourth-order valence-electron chi connectivity index (χ4n) is 3.70. The van der Waals surface area contributed by atoms with Gasteiger partial charge in [0.05, 0.1) is 5.54 Å². The van der Waals surface area contributed by atoms with Crippen LogP contribution >= 0.6 is 0 Å². The summed E-state index contributed by atoms with van der Waals surface area (Å²) in [6, 6.07) is 9.42. The molecular weight excluding hydrogens is 264 g/mol. The quantitative estimate of drug-likeness (QED) is 0.795. The number of carbonyl (C=O) groups is 2. The molecule has 2 aliphatic heterocycles. The van der Waals surface area contributed by atoms with Gasteiger partial charge in [-0.15, -0.1) is 0 Å². The fraction of sp³-hybridized carbons (Fsp3) is 0.529. The highest BCUT2D eigenvalue weighted by Crippen LogP contribution is 2.36. The molecule has 2 saturated heterocycles. The predicted molar refractivity (Wildman–Crippen MR) is 80.9 cm³/mol. The normalized spacial score (nSPS) is 26.2. The Morgan fingerprint density at radius 3 is 2.62 bits per heavy atom. The van der Waals surface area contributed by atoms with Gasteiger partial charge in [0.1, 0.15) is 0 Å². The van der Waals surface area contributed by atoms with Crippen LogP contribution in [-0.4, -0.2) is 47.3 Å². The Morgan fingerprint density at radius 1 is 1.14 bits per heavy atom. The lowest BCUT2D eigenvalue weighted by Crippen LogP contribution is -2.61. The van der Waals surface area contributed by atoms with Crippen LogP contribution in [0.1, 0.15) is 42.5 Å². The molecule has 0 N–H and O–H groups in total. The second-order valence-corrected chi connectivity index (χ2v) is 6.23. The Labute approximate surface area is 125 Å². The average Bonchev–Trinajstić information content (AvgIpc) is 2.53. The highest BCUT2D eigenvalue weighted by molar-refractivity contribution is 5.94. The monoisotopic (exact) mass is 286 g/mol. The molecule has 2 heterocycles. The topological polar surface area (TPSA) is 40.6 Å². The van der Waals surface area contributed by atoms with Crippen LogP contribution in [0.4, 0.5) is 0 Å². The van der Waals surface area contributed by atoms with Crippen LogP contribution in [0.2, 0.25) is 0 Å². The molecule has 21 heavy (non-hydrogen) atoms. The van der Waals surface area contributed by atoms with Gasteiger partial charge in [0.2, 0.25) is 5.91 Å². The third-order valence-corrected chi connectivity index (χ3v) is 4.98. The molecule has 1 atom stereocenters. The number of rotatable bonds is 1. The van der Waals surface area contributed by atoms with E-state index in [0.717, 1.165) is 37.8 Å². The molecule has 0 unspecified atom stereocenters. The number of benzene rings is 1. The summed E-state index contributed by atoms with van der Waals surface area (Å²) < 4.78 is 0. The van der Waals surface area contributed by atoms with Crippen molar-refractivity contribution < 1.29 is 9.59 Å². The van der Waals surface area contributed by atoms with Crippen molar-refractivity contribution in [3.63, 3.8) is 0 Å². The highest BCUT2D eigenvalue weighted by atomic mass is 16.2. The molecule has 1 aromatic rings. The Kier molecular flexibility index (Phi) is 3.70. The molecule has 0 bridgehead atoms. The lowest BCUT2D eigenvalue weighted by Gasteiger charge is -2.50. The van der Waals surface area contributed by atoms with Crippen LogP contribution in [0.5, 0.6) is 0 Å². The lowest BCUT2D eigenvalue weighted by atomic mass is 9.80. The van der Waals surface area contributed by atoms with Gasteiger partial charge in [0.15, 0.2) is 0 Å². The predicted octanol–water partition coefficient (Wildman–Crippen LogP) is 2.30. The van der Waals surface area contributed by atoms with E-state index in [0.29, 0.717) is 13.0 Å². The maximum Gasteiger partial charge on any atom is 0.253 e. The zero-order chi connectivity index (χ0) is 14.9. The van der Waals surface area contributed by atoms with E-state index in [1.165, 1.54) is 0 Å². The number of hydrogen-bond donors (Lipinski definition) is 0. The molecule has 4 heteroatoms. The number of hydrogen-bond acceptors (Lipinski definition) is 2.